The lowest BCUT2D eigenvalue weighted by Gasteiger charge is -2.58. The molecule has 4 fully saturated rings. The van der Waals surface area contributed by atoms with Crippen LogP contribution in [0, 0.1) is 28.6 Å². The van der Waals surface area contributed by atoms with Crippen molar-refractivity contribution in [2.24, 2.45) is 28.6 Å². The van der Waals surface area contributed by atoms with Crippen molar-refractivity contribution in [3.05, 3.63) is 11.6 Å². The first kappa shape index (κ1) is 16.3. The van der Waals surface area contributed by atoms with Crippen LogP contribution in [0.4, 0.5) is 0 Å². The van der Waals surface area contributed by atoms with Gasteiger partial charge in [-0.15, -0.1) is 0 Å². The smallest absolute Gasteiger partial charge is 0.302 e. The molecule has 0 aromatic heterocycles. The summed E-state index contributed by atoms with van der Waals surface area (Å²) in [4.78, 5) is 11.3. The van der Waals surface area contributed by atoms with Crippen molar-refractivity contribution >= 4 is 5.97 Å². The Morgan fingerprint density at radius 2 is 2.08 bits per heavy atom. The van der Waals surface area contributed by atoms with Crippen molar-refractivity contribution < 1.29 is 19.4 Å². The van der Waals surface area contributed by atoms with E-state index in [4.69, 9.17) is 9.47 Å². The van der Waals surface area contributed by atoms with Gasteiger partial charge in [0.15, 0.2) is 5.79 Å². The lowest BCUT2D eigenvalue weighted by molar-refractivity contribution is -0.155. The third kappa shape index (κ3) is 1.98. The normalized spacial score (nSPS) is 56.0. The molecule has 0 unspecified atom stereocenters. The fourth-order valence-corrected chi connectivity index (χ4v) is 7.29. The second kappa shape index (κ2) is 4.89. The number of carbonyl (C=O) groups excluding carboxylic acids is 1. The van der Waals surface area contributed by atoms with Crippen molar-refractivity contribution in [3.63, 3.8) is 0 Å². The number of epoxide rings is 1. The Kier molecular flexibility index (Phi) is 3.19. The molecule has 3 saturated carbocycles. The van der Waals surface area contributed by atoms with E-state index < -0.39 is 5.79 Å². The first-order valence-corrected chi connectivity index (χ1v) is 10.0. The van der Waals surface area contributed by atoms with Gasteiger partial charge in [0.25, 0.3) is 0 Å². The number of hydrogen-bond donors (Lipinski definition) is 1. The van der Waals surface area contributed by atoms with E-state index in [-0.39, 0.29) is 29.0 Å². The van der Waals surface area contributed by atoms with Crippen LogP contribution in [0.15, 0.2) is 11.6 Å². The Morgan fingerprint density at radius 1 is 1.28 bits per heavy atom. The van der Waals surface area contributed by atoms with Crippen molar-refractivity contribution in [1.82, 2.24) is 0 Å². The van der Waals surface area contributed by atoms with Gasteiger partial charge < -0.3 is 14.6 Å². The number of ether oxygens (including phenoxy) is 2. The van der Waals surface area contributed by atoms with E-state index in [0.29, 0.717) is 17.8 Å². The van der Waals surface area contributed by atoms with Crippen LogP contribution in [0.2, 0.25) is 0 Å². The summed E-state index contributed by atoms with van der Waals surface area (Å²) < 4.78 is 11.2. The zero-order chi connectivity index (χ0) is 17.6. The van der Waals surface area contributed by atoms with Crippen LogP contribution >= 0.6 is 0 Å². The average Bonchev–Trinajstić information content (AvgIpc) is 3.16. The van der Waals surface area contributed by atoms with Gasteiger partial charge in [0.2, 0.25) is 0 Å². The molecule has 0 radical (unpaired) electrons. The summed E-state index contributed by atoms with van der Waals surface area (Å²) in [7, 11) is 0. The number of rotatable bonds is 1. The maximum Gasteiger partial charge on any atom is 0.302 e. The van der Waals surface area contributed by atoms with Gasteiger partial charge in [-0.25, -0.2) is 0 Å². The summed E-state index contributed by atoms with van der Waals surface area (Å²) in [6.45, 7) is 6.22. The third-order valence-electron chi connectivity index (χ3n) is 8.77. The number of hydrogen-bond acceptors (Lipinski definition) is 4. The maximum absolute atomic E-state index is 11.3. The molecule has 138 valence electrons. The van der Waals surface area contributed by atoms with Crippen LogP contribution < -0.4 is 0 Å². The molecule has 25 heavy (non-hydrogen) atoms. The van der Waals surface area contributed by atoms with E-state index in [1.165, 1.54) is 18.9 Å². The van der Waals surface area contributed by atoms with Gasteiger partial charge >= 0.3 is 5.97 Å². The summed E-state index contributed by atoms with van der Waals surface area (Å²) in [5, 5.41) is 10.8. The van der Waals surface area contributed by atoms with E-state index in [0.717, 1.165) is 38.5 Å². The van der Waals surface area contributed by atoms with Crippen LogP contribution in [0.1, 0.15) is 65.7 Å². The Morgan fingerprint density at radius 3 is 2.84 bits per heavy atom. The van der Waals surface area contributed by atoms with Crippen molar-refractivity contribution in [2.45, 2.75) is 83.7 Å². The minimum absolute atomic E-state index is 0.0600. The molecular formula is C21H30O4. The van der Waals surface area contributed by atoms with E-state index in [1.807, 2.05) is 0 Å². The lowest BCUT2D eigenvalue weighted by Crippen LogP contribution is -2.53. The van der Waals surface area contributed by atoms with Gasteiger partial charge in [0.05, 0.1) is 0 Å². The van der Waals surface area contributed by atoms with E-state index >= 15 is 0 Å². The Balaban J connectivity index is 1.42. The van der Waals surface area contributed by atoms with Gasteiger partial charge in [-0.1, -0.05) is 25.5 Å². The van der Waals surface area contributed by atoms with Gasteiger partial charge in [-0.05, 0) is 61.7 Å². The van der Waals surface area contributed by atoms with Gasteiger partial charge in [-0.3, -0.25) is 4.79 Å². The molecule has 1 N–H and O–H groups in total. The van der Waals surface area contributed by atoms with Crippen LogP contribution in [0.3, 0.4) is 0 Å². The highest BCUT2D eigenvalue weighted by molar-refractivity contribution is 5.66. The second-order valence-electron chi connectivity index (χ2n) is 9.73. The predicted octanol–water partition coefficient (Wildman–Crippen LogP) is 3.58. The van der Waals surface area contributed by atoms with Crippen molar-refractivity contribution in [1.29, 1.82) is 0 Å². The zero-order valence-corrected chi connectivity index (χ0v) is 15.6. The lowest BCUT2D eigenvalue weighted by atomic mass is 9.47. The number of esters is 1. The van der Waals surface area contributed by atoms with Crippen molar-refractivity contribution in [2.75, 3.05) is 0 Å². The molecule has 1 saturated heterocycles. The first-order chi connectivity index (χ1) is 11.8. The minimum atomic E-state index is -0.833. The van der Waals surface area contributed by atoms with Gasteiger partial charge in [0, 0.05) is 18.8 Å². The third-order valence-corrected chi connectivity index (χ3v) is 8.77. The SMILES string of the molecule is CC(=O)O[C@H]1CC[C@@]2(C)C(=CC[C@@H]3[C@@H]2CC[C@@]2(C)[C@H]3C[C@H]3O[C@]32O)C1. The molecule has 0 amide bonds. The monoisotopic (exact) mass is 346 g/mol. The molecule has 4 heteroatoms. The highest BCUT2D eigenvalue weighted by Crippen LogP contribution is 2.72. The Bertz CT molecular complexity index is 656. The fourth-order valence-electron chi connectivity index (χ4n) is 7.29. The molecule has 4 nitrogen and oxygen atoms in total. The van der Waals surface area contributed by atoms with Crippen molar-refractivity contribution in [3.8, 4) is 0 Å². The summed E-state index contributed by atoms with van der Waals surface area (Å²) >= 11 is 0. The topological polar surface area (TPSA) is 59.1 Å². The van der Waals surface area contributed by atoms with Gasteiger partial charge in [-0.2, -0.15) is 0 Å². The molecule has 1 aliphatic heterocycles. The molecule has 8 atom stereocenters. The van der Waals surface area contributed by atoms with E-state index in [9.17, 15) is 9.90 Å². The minimum Gasteiger partial charge on any atom is -0.462 e. The van der Waals surface area contributed by atoms with E-state index in [2.05, 4.69) is 19.9 Å². The fraction of sp³-hybridized carbons (Fsp3) is 0.857. The quantitative estimate of drug-likeness (QED) is 0.448. The number of fused-ring (bicyclic) bond motifs is 7. The number of allylic oxidation sites excluding steroid dienone is 1. The second-order valence-corrected chi connectivity index (χ2v) is 9.73. The predicted molar refractivity (Wildman–Crippen MR) is 92.5 cm³/mol. The summed E-state index contributed by atoms with van der Waals surface area (Å²) in [6.07, 6.45) is 10.0. The Labute approximate surface area is 150 Å². The molecule has 4 aliphatic carbocycles. The molecule has 5 rings (SSSR count). The summed E-state index contributed by atoms with van der Waals surface area (Å²) in [5.41, 5.74) is 1.71. The van der Waals surface area contributed by atoms with E-state index in [1.54, 1.807) is 0 Å². The standard InChI is InChI=1S/C21H30O4/c1-12(22)24-14-6-8-19(2)13(10-14)4-5-15-16(19)7-9-20(3)17(15)11-18-21(20,23)25-18/h4,14-18,23H,5-11H2,1-3H3/t14-,15+,16-,17-,18+,19-,20-,21+/m0/s1. The van der Waals surface area contributed by atoms with Crippen LogP contribution in [-0.4, -0.2) is 29.1 Å². The zero-order valence-electron chi connectivity index (χ0n) is 15.6. The van der Waals surface area contributed by atoms with Crippen LogP contribution in [0.5, 0.6) is 0 Å². The molecule has 0 bridgehead atoms. The molecule has 0 aromatic rings. The highest BCUT2D eigenvalue weighted by Gasteiger charge is 2.77. The molecule has 5 aliphatic rings. The maximum atomic E-state index is 11.3. The number of carbonyl (C=O) groups is 1. The summed E-state index contributed by atoms with van der Waals surface area (Å²) in [6, 6.07) is 0. The highest BCUT2D eigenvalue weighted by atomic mass is 16.7. The average molecular weight is 346 g/mol. The first-order valence-electron chi connectivity index (χ1n) is 10.0. The molecular weight excluding hydrogens is 316 g/mol. The van der Waals surface area contributed by atoms with Crippen LogP contribution in [-0.2, 0) is 14.3 Å². The molecule has 0 spiro atoms. The van der Waals surface area contributed by atoms with Gasteiger partial charge in [0.1, 0.15) is 12.2 Å². The Hall–Kier alpha value is -0.870. The molecule has 1 heterocycles. The number of aliphatic hydroxyl groups is 1. The largest absolute Gasteiger partial charge is 0.462 e. The van der Waals surface area contributed by atoms with Crippen LogP contribution in [0.25, 0.3) is 0 Å². The summed E-state index contributed by atoms with van der Waals surface area (Å²) in [5.74, 6) is 0.953. The molecule has 0 aromatic carbocycles.